The first-order valence-electron chi connectivity index (χ1n) is 15.0. The van der Waals surface area contributed by atoms with E-state index in [-0.39, 0.29) is 39.8 Å². The zero-order valence-corrected chi connectivity index (χ0v) is 25.7. The number of piperidine rings is 1. The van der Waals surface area contributed by atoms with Gasteiger partial charge in [0, 0.05) is 44.0 Å². The molecule has 4 heterocycles. The number of carbonyl (C=O) groups is 2. The molecule has 2 amide bonds. The molecule has 3 aliphatic heterocycles. The predicted octanol–water partition coefficient (Wildman–Crippen LogP) is 2.84. The van der Waals surface area contributed by atoms with Crippen molar-refractivity contribution in [2.24, 2.45) is 0 Å². The van der Waals surface area contributed by atoms with Gasteiger partial charge in [-0.2, -0.15) is 9.57 Å². The number of aromatic nitrogens is 1. The molecule has 0 bridgehead atoms. The summed E-state index contributed by atoms with van der Waals surface area (Å²) < 4.78 is 40.9. The Morgan fingerprint density at radius 2 is 1.78 bits per heavy atom. The minimum Gasteiger partial charge on any atom is -0.478 e. The smallest absolute Gasteiger partial charge is 0.411 e. The van der Waals surface area contributed by atoms with E-state index in [2.05, 4.69) is 21.3 Å². The Kier molecular flexibility index (Phi) is 8.46. The van der Waals surface area contributed by atoms with Crippen LogP contribution in [0.5, 0.6) is 5.88 Å². The number of nitrogens with zero attached hydrogens (tertiary/aromatic N) is 5. The summed E-state index contributed by atoms with van der Waals surface area (Å²) in [6.07, 6.45) is 2.75. The number of anilines is 1. The van der Waals surface area contributed by atoms with Crippen LogP contribution < -0.4 is 14.4 Å². The van der Waals surface area contributed by atoms with E-state index in [0.29, 0.717) is 36.5 Å². The second kappa shape index (κ2) is 12.5. The van der Waals surface area contributed by atoms with E-state index in [1.165, 1.54) is 47.5 Å². The van der Waals surface area contributed by atoms with Gasteiger partial charge in [0.25, 0.3) is 21.5 Å². The van der Waals surface area contributed by atoms with Crippen LogP contribution in [0.15, 0.2) is 71.8 Å². The van der Waals surface area contributed by atoms with Crippen LogP contribution >= 0.6 is 0 Å². The SMILES string of the molecule is CCOc1ncccc1C1(OC(=O)N2CCN(C3CCNCC3)CC2)C(=O)N(S(=O)(=O)c2ccccc2)c2ccc(C#N)cc21. The van der Waals surface area contributed by atoms with E-state index in [1.54, 1.807) is 31.2 Å². The number of ether oxygens (including phenoxy) is 2. The molecule has 1 N–H and O–H groups in total. The van der Waals surface area contributed by atoms with E-state index in [0.717, 1.165) is 25.9 Å². The van der Waals surface area contributed by atoms with Gasteiger partial charge in [0.2, 0.25) is 5.88 Å². The van der Waals surface area contributed by atoms with Crippen molar-refractivity contribution >= 4 is 27.7 Å². The standard InChI is InChI=1S/C32H34N6O6S/c1-2-43-29-26(9-6-14-35-29)32(44-31(40)37-19-17-36(18-20-37)24-12-15-34-16-13-24)27-21-23(22-33)10-11-28(27)38(30(32)39)45(41,42)25-7-4-3-5-8-25/h3-11,14,21,24,34H,2,12-13,15-20H2,1H3. The first kappa shape index (κ1) is 30.5. The van der Waals surface area contributed by atoms with E-state index < -0.39 is 27.6 Å². The Hall–Kier alpha value is -4.51. The molecular formula is C32H34N6O6S. The lowest BCUT2D eigenvalue weighted by atomic mass is 9.87. The number of rotatable bonds is 7. The van der Waals surface area contributed by atoms with Crippen molar-refractivity contribution in [2.75, 3.05) is 50.2 Å². The van der Waals surface area contributed by atoms with Gasteiger partial charge in [0.1, 0.15) is 0 Å². The summed E-state index contributed by atoms with van der Waals surface area (Å²) in [4.78, 5) is 37.0. The van der Waals surface area contributed by atoms with Crippen LogP contribution in [0, 0.1) is 11.3 Å². The second-order valence-electron chi connectivity index (χ2n) is 11.1. The molecule has 13 heteroatoms. The third-order valence-corrected chi connectivity index (χ3v) is 10.3. The monoisotopic (exact) mass is 630 g/mol. The number of nitriles is 1. The van der Waals surface area contributed by atoms with E-state index in [4.69, 9.17) is 9.47 Å². The number of hydrogen-bond donors (Lipinski definition) is 1. The van der Waals surface area contributed by atoms with Crippen LogP contribution in [0.25, 0.3) is 0 Å². The number of carbonyl (C=O) groups excluding carboxylic acids is 2. The first-order valence-corrected chi connectivity index (χ1v) is 16.5. The normalized spacial score (nSPS) is 20.8. The minimum atomic E-state index is -4.48. The predicted molar refractivity (Wildman–Crippen MR) is 164 cm³/mol. The molecule has 234 valence electrons. The zero-order valence-electron chi connectivity index (χ0n) is 24.9. The lowest BCUT2D eigenvalue weighted by molar-refractivity contribution is -0.132. The fourth-order valence-corrected chi connectivity index (χ4v) is 7.81. The third-order valence-electron chi connectivity index (χ3n) is 8.56. The number of pyridine rings is 1. The highest BCUT2D eigenvalue weighted by atomic mass is 32.2. The summed E-state index contributed by atoms with van der Waals surface area (Å²) in [5.41, 5.74) is -2.11. The Labute approximate surface area is 262 Å². The number of piperazine rings is 1. The Balaban J connectivity index is 1.45. The molecule has 1 atom stereocenters. The van der Waals surface area contributed by atoms with Gasteiger partial charge in [-0.15, -0.1) is 0 Å². The maximum absolute atomic E-state index is 14.8. The van der Waals surface area contributed by atoms with Crippen molar-refractivity contribution in [2.45, 2.75) is 36.3 Å². The Morgan fingerprint density at radius 3 is 2.47 bits per heavy atom. The molecule has 1 unspecified atom stereocenters. The molecule has 3 aliphatic rings. The summed E-state index contributed by atoms with van der Waals surface area (Å²) in [7, 11) is -4.48. The fourth-order valence-electron chi connectivity index (χ4n) is 6.33. The maximum atomic E-state index is 14.8. The molecule has 2 saturated heterocycles. The molecular weight excluding hydrogens is 596 g/mol. The van der Waals surface area contributed by atoms with Gasteiger partial charge in [0.05, 0.1) is 34.4 Å². The molecule has 0 saturated carbocycles. The summed E-state index contributed by atoms with van der Waals surface area (Å²) in [5, 5.41) is 13.2. The summed E-state index contributed by atoms with van der Waals surface area (Å²) in [6, 6.07) is 17.3. The van der Waals surface area contributed by atoms with Crippen LogP contribution in [-0.4, -0.2) is 87.1 Å². The van der Waals surface area contributed by atoms with E-state index in [9.17, 15) is 23.3 Å². The molecule has 2 fully saturated rings. The highest BCUT2D eigenvalue weighted by molar-refractivity contribution is 7.93. The number of benzene rings is 2. The van der Waals surface area contributed by atoms with Gasteiger partial charge in [-0.25, -0.2) is 18.2 Å². The highest BCUT2D eigenvalue weighted by Crippen LogP contribution is 2.51. The number of hydrogen-bond acceptors (Lipinski definition) is 10. The van der Waals surface area contributed by atoms with Crippen molar-refractivity contribution < 1.29 is 27.5 Å². The fraction of sp³-hybridized carbons (Fsp3) is 0.375. The highest BCUT2D eigenvalue weighted by Gasteiger charge is 2.61. The lowest BCUT2D eigenvalue weighted by Crippen LogP contribution is -2.55. The minimum absolute atomic E-state index is 0.00384. The molecule has 45 heavy (non-hydrogen) atoms. The number of fused-ring (bicyclic) bond motifs is 1. The Morgan fingerprint density at radius 1 is 1.04 bits per heavy atom. The van der Waals surface area contributed by atoms with Crippen LogP contribution in [0.3, 0.4) is 0 Å². The molecule has 0 radical (unpaired) electrons. The quantitative estimate of drug-likeness (QED) is 0.414. The van der Waals surface area contributed by atoms with Crippen LogP contribution in [-0.2, 0) is 25.2 Å². The van der Waals surface area contributed by atoms with Gasteiger partial charge >= 0.3 is 6.09 Å². The largest absolute Gasteiger partial charge is 0.478 e. The average molecular weight is 631 g/mol. The van der Waals surface area contributed by atoms with E-state index in [1.807, 2.05) is 0 Å². The molecule has 1 aromatic heterocycles. The van der Waals surface area contributed by atoms with Gasteiger partial charge in [-0.05, 0) is 75.3 Å². The van der Waals surface area contributed by atoms with Crippen LogP contribution in [0.1, 0.15) is 36.5 Å². The summed E-state index contributed by atoms with van der Waals surface area (Å²) in [5.74, 6) is -1.03. The molecule has 0 spiro atoms. The molecule has 6 rings (SSSR count). The van der Waals surface area contributed by atoms with E-state index >= 15 is 0 Å². The van der Waals surface area contributed by atoms with Crippen LogP contribution in [0.4, 0.5) is 10.5 Å². The number of sulfonamides is 1. The third kappa shape index (κ3) is 5.39. The summed E-state index contributed by atoms with van der Waals surface area (Å²) in [6.45, 7) is 5.85. The van der Waals surface area contributed by atoms with Gasteiger partial charge in [-0.3, -0.25) is 9.69 Å². The van der Waals surface area contributed by atoms with Crippen molar-refractivity contribution in [3.05, 3.63) is 83.6 Å². The number of nitrogens with one attached hydrogen (secondary N) is 1. The van der Waals surface area contributed by atoms with Crippen molar-refractivity contribution in [1.29, 1.82) is 5.26 Å². The van der Waals surface area contributed by atoms with Gasteiger partial charge < -0.3 is 19.7 Å². The van der Waals surface area contributed by atoms with Crippen molar-refractivity contribution in [3.63, 3.8) is 0 Å². The summed E-state index contributed by atoms with van der Waals surface area (Å²) >= 11 is 0. The number of amides is 2. The first-order chi connectivity index (χ1) is 21.8. The molecule has 0 aliphatic carbocycles. The van der Waals surface area contributed by atoms with Crippen molar-refractivity contribution in [1.82, 2.24) is 20.1 Å². The Bertz CT molecular complexity index is 1730. The van der Waals surface area contributed by atoms with Gasteiger partial charge in [-0.1, -0.05) is 18.2 Å². The lowest BCUT2D eigenvalue weighted by Gasteiger charge is -2.41. The molecule has 3 aromatic rings. The second-order valence-corrected chi connectivity index (χ2v) is 12.9. The maximum Gasteiger partial charge on any atom is 0.411 e. The van der Waals surface area contributed by atoms with Crippen LogP contribution in [0.2, 0.25) is 0 Å². The van der Waals surface area contributed by atoms with Gasteiger partial charge in [0.15, 0.2) is 0 Å². The average Bonchev–Trinajstić information content (AvgIpc) is 3.33. The topological polar surface area (TPSA) is 145 Å². The zero-order chi connectivity index (χ0) is 31.6. The molecule has 2 aromatic carbocycles. The molecule has 12 nitrogen and oxygen atoms in total. The van der Waals surface area contributed by atoms with Crippen molar-refractivity contribution in [3.8, 4) is 11.9 Å².